The molecular formula is C20H27N3O2. The zero-order valence-electron chi connectivity index (χ0n) is 15.3. The summed E-state index contributed by atoms with van der Waals surface area (Å²) in [5.74, 6) is 0.774. The summed E-state index contributed by atoms with van der Waals surface area (Å²) in [6, 6.07) is 7.35. The number of fused-ring (bicyclic) bond motifs is 1. The number of amides is 1. The molecule has 1 aromatic carbocycles. The molecule has 0 atom stereocenters. The van der Waals surface area contributed by atoms with Gasteiger partial charge in [-0.25, -0.2) is 9.66 Å². The second kappa shape index (κ2) is 6.98. The maximum absolute atomic E-state index is 13.0. The monoisotopic (exact) mass is 341 g/mol. The Morgan fingerprint density at radius 3 is 2.56 bits per heavy atom. The molecule has 134 valence electrons. The highest BCUT2D eigenvalue weighted by atomic mass is 16.2. The molecule has 5 heteroatoms. The maximum Gasteiger partial charge on any atom is 0.280 e. The summed E-state index contributed by atoms with van der Waals surface area (Å²) < 4.78 is 1.41. The first-order chi connectivity index (χ1) is 11.8. The molecule has 0 saturated heterocycles. The van der Waals surface area contributed by atoms with Crippen LogP contribution in [0.5, 0.6) is 0 Å². The number of aromatic nitrogens is 2. The Morgan fingerprint density at radius 2 is 1.88 bits per heavy atom. The van der Waals surface area contributed by atoms with E-state index in [-0.39, 0.29) is 22.8 Å². The predicted octanol–water partition coefficient (Wildman–Crippen LogP) is 3.95. The molecule has 0 bridgehead atoms. The van der Waals surface area contributed by atoms with Crippen molar-refractivity contribution < 1.29 is 4.79 Å². The van der Waals surface area contributed by atoms with E-state index in [2.05, 4.69) is 5.43 Å². The Bertz CT molecular complexity index is 827. The second-order valence-electron chi connectivity index (χ2n) is 8.24. The number of rotatable bonds is 3. The molecule has 0 radical (unpaired) electrons. The largest absolute Gasteiger partial charge is 0.280 e. The molecular weight excluding hydrogens is 314 g/mol. The van der Waals surface area contributed by atoms with Crippen LogP contribution in [-0.4, -0.2) is 15.6 Å². The molecule has 1 N–H and O–H groups in total. The van der Waals surface area contributed by atoms with E-state index >= 15 is 0 Å². The van der Waals surface area contributed by atoms with Crippen LogP contribution in [0.1, 0.15) is 71.0 Å². The first-order valence-corrected chi connectivity index (χ1v) is 9.17. The molecule has 25 heavy (non-hydrogen) atoms. The van der Waals surface area contributed by atoms with Crippen LogP contribution < -0.4 is 11.0 Å². The minimum atomic E-state index is -0.187. The van der Waals surface area contributed by atoms with Crippen molar-refractivity contribution in [1.29, 1.82) is 0 Å². The summed E-state index contributed by atoms with van der Waals surface area (Å²) in [5, 5.41) is 0.540. The van der Waals surface area contributed by atoms with Crippen molar-refractivity contribution in [2.24, 2.45) is 5.41 Å². The van der Waals surface area contributed by atoms with E-state index < -0.39 is 0 Å². The van der Waals surface area contributed by atoms with Crippen molar-refractivity contribution in [3.05, 3.63) is 40.4 Å². The third-order valence-corrected chi connectivity index (χ3v) is 4.70. The van der Waals surface area contributed by atoms with E-state index in [1.807, 2.05) is 39.0 Å². The van der Waals surface area contributed by atoms with Gasteiger partial charge in [0.15, 0.2) is 0 Å². The summed E-state index contributed by atoms with van der Waals surface area (Å²) in [7, 11) is 0. The number of nitrogens with zero attached hydrogens (tertiary/aromatic N) is 2. The van der Waals surface area contributed by atoms with E-state index in [4.69, 9.17) is 4.98 Å². The van der Waals surface area contributed by atoms with Crippen LogP contribution in [0.3, 0.4) is 0 Å². The van der Waals surface area contributed by atoms with E-state index in [1.54, 1.807) is 6.07 Å². The molecule has 3 rings (SSSR count). The fourth-order valence-corrected chi connectivity index (χ4v) is 3.54. The van der Waals surface area contributed by atoms with Gasteiger partial charge in [0.2, 0.25) is 5.91 Å². The van der Waals surface area contributed by atoms with Gasteiger partial charge in [-0.2, -0.15) is 0 Å². The second-order valence-corrected chi connectivity index (χ2v) is 8.24. The minimum absolute atomic E-state index is 0.136. The van der Waals surface area contributed by atoms with E-state index in [0.29, 0.717) is 23.1 Å². The first kappa shape index (κ1) is 17.6. The van der Waals surface area contributed by atoms with Crippen LogP contribution in [-0.2, 0) is 4.79 Å². The minimum Gasteiger partial charge on any atom is -0.273 e. The molecule has 1 amide bonds. The first-order valence-electron chi connectivity index (χ1n) is 9.17. The zero-order valence-corrected chi connectivity index (χ0v) is 15.3. The van der Waals surface area contributed by atoms with E-state index in [0.717, 1.165) is 25.7 Å². The Labute approximate surface area is 148 Å². The van der Waals surface area contributed by atoms with Gasteiger partial charge in [-0.15, -0.1) is 0 Å². The highest BCUT2D eigenvalue weighted by Gasteiger charge is 2.24. The van der Waals surface area contributed by atoms with Crippen LogP contribution in [0, 0.1) is 5.41 Å². The topological polar surface area (TPSA) is 64.0 Å². The number of carbonyl (C=O) groups is 1. The third kappa shape index (κ3) is 4.09. The summed E-state index contributed by atoms with van der Waals surface area (Å²) in [4.78, 5) is 30.2. The van der Waals surface area contributed by atoms with Gasteiger partial charge in [0.1, 0.15) is 5.82 Å². The quantitative estimate of drug-likeness (QED) is 0.919. The molecule has 2 aromatic rings. The van der Waals surface area contributed by atoms with Gasteiger partial charge < -0.3 is 0 Å². The van der Waals surface area contributed by atoms with Crippen molar-refractivity contribution in [3.63, 3.8) is 0 Å². The number of carbonyl (C=O) groups excluding carboxylic acids is 1. The van der Waals surface area contributed by atoms with Crippen molar-refractivity contribution >= 4 is 16.8 Å². The van der Waals surface area contributed by atoms with Gasteiger partial charge in [-0.05, 0) is 30.4 Å². The fraction of sp³-hybridized carbons (Fsp3) is 0.550. The summed E-state index contributed by atoms with van der Waals surface area (Å²) in [5.41, 5.74) is 3.21. The highest BCUT2D eigenvalue weighted by molar-refractivity contribution is 5.85. The average molecular weight is 341 g/mol. The van der Waals surface area contributed by atoms with E-state index in [9.17, 15) is 9.59 Å². The standard InChI is InChI=1S/C20H27N3O2/c1-20(2,3)13-17(24)22-23-18(14-9-5-4-6-10-14)21-16-12-8-7-11-15(16)19(23)25/h7-8,11-12,14H,4-6,9-10,13H2,1-3H3,(H,22,24). The third-order valence-electron chi connectivity index (χ3n) is 4.70. The molecule has 1 saturated carbocycles. The highest BCUT2D eigenvalue weighted by Crippen LogP contribution is 2.31. The van der Waals surface area contributed by atoms with Gasteiger partial charge >= 0.3 is 0 Å². The molecule has 1 heterocycles. The van der Waals surface area contributed by atoms with Crippen molar-refractivity contribution in [2.75, 3.05) is 5.43 Å². The Hall–Kier alpha value is -2.17. The van der Waals surface area contributed by atoms with Gasteiger partial charge in [-0.1, -0.05) is 52.2 Å². The smallest absolute Gasteiger partial charge is 0.273 e. The number of para-hydroxylation sites is 1. The molecule has 1 aromatic heterocycles. The maximum atomic E-state index is 13.0. The predicted molar refractivity (Wildman–Crippen MR) is 100 cm³/mol. The molecule has 0 aliphatic heterocycles. The fourth-order valence-electron chi connectivity index (χ4n) is 3.54. The lowest BCUT2D eigenvalue weighted by atomic mass is 9.88. The van der Waals surface area contributed by atoms with Crippen LogP contribution >= 0.6 is 0 Å². The number of hydrogen-bond donors (Lipinski definition) is 1. The number of benzene rings is 1. The van der Waals surface area contributed by atoms with Gasteiger partial charge in [-0.3, -0.25) is 15.0 Å². The van der Waals surface area contributed by atoms with Gasteiger partial charge in [0.25, 0.3) is 5.56 Å². The van der Waals surface area contributed by atoms with Crippen molar-refractivity contribution in [1.82, 2.24) is 9.66 Å². The SMILES string of the molecule is CC(C)(C)CC(=O)Nn1c(C2CCCCC2)nc2ccccc2c1=O. The Kier molecular flexibility index (Phi) is 4.93. The van der Waals surface area contributed by atoms with Gasteiger partial charge in [0, 0.05) is 12.3 Å². The zero-order chi connectivity index (χ0) is 18.0. The molecule has 1 aliphatic carbocycles. The molecule has 0 spiro atoms. The number of nitrogens with one attached hydrogen (secondary N) is 1. The molecule has 1 aliphatic rings. The summed E-state index contributed by atoms with van der Waals surface area (Å²) >= 11 is 0. The molecule has 5 nitrogen and oxygen atoms in total. The van der Waals surface area contributed by atoms with Crippen LogP contribution in [0.2, 0.25) is 0 Å². The normalized spacial score (nSPS) is 16.1. The lowest BCUT2D eigenvalue weighted by Crippen LogP contribution is -2.38. The Morgan fingerprint density at radius 1 is 1.20 bits per heavy atom. The average Bonchev–Trinajstić information content (AvgIpc) is 2.56. The van der Waals surface area contributed by atoms with E-state index in [1.165, 1.54) is 11.1 Å². The van der Waals surface area contributed by atoms with Crippen molar-refractivity contribution in [3.8, 4) is 0 Å². The number of hydrogen-bond acceptors (Lipinski definition) is 3. The molecule has 1 fully saturated rings. The lowest BCUT2D eigenvalue weighted by molar-refractivity contribution is -0.118. The summed E-state index contributed by atoms with van der Waals surface area (Å²) in [6.07, 6.45) is 5.90. The summed E-state index contributed by atoms with van der Waals surface area (Å²) in [6.45, 7) is 6.03. The van der Waals surface area contributed by atoms with Crippen LogP contribution in [0.4, 0.5) is 0 Å². The molecule has 0 unspecified atom stereocenters. The Balaban J connectivity index is 2.05. The van der Waals surface area contributed by atoms with Gasteiger partial charge in [0.05, 0.1) is 10.9 Å². The van der Waals surface area contributed by atoms with Crippen LogP contribution in [0.25, 0.3) is 10.9 Å². The van der Waals surface area contributed by atoms with Crippen molar-refractivity contribution in [2.45, 2.75) is 65.2 Å². The lowest BCUT2D eigenvalue weighted by Gasteiger charge is -2.25. The van der Waals surface area contributed by atoms with Crippen LogP contribution in [0.15, 0.2) is 29.1 Å².